The molecule has 3 N–H and O–H groups in total. The summed E-state index contributed by atoms with van der Waals surface area (Å²) < 4.78 is 5.47. The van der Waals surface area contributed by atoms with Gasteiger partial charge in [-0.25, -0.2) is 0 Å². The normalized spacial score (nSPS) is 12.5. The summed E-state index contributed by atoms with van der Waals surface area (Å²) in [6.45, 7) is 4.97. The van der Waals surface area contributed by atoms with Crippen LogP contribution in [0.5, 0.6) is 0 Å². The lowest BCUT2D eigenvalue weighted by atomic mass is 10.0. The molecule has 6 heteroatoms. The number of carbonyl (C=O) groups excluding carboxylic acids is 2. The smallest absolute Gasteiger partial charge is 0.305 e. The number of esters is 1. The van der Waals surface area contributed by atoms with Crippen LogP contribution in [0.2, 0.25) is 0 Å². The Morgan fingerprint density at radius 2 is 0.621 bits per heavy atom. The second kappa shape index (κ2) is 56.4. The molecule has 0 rings (SSSR count). The van der Waals surface area contributed by atoms with Crippen molar-refractivity contribution in [1.82, 2.24) is 5.32 Å². The average Bonchev–Trinajstić information content (AvgIpc) is 3.32. The highest BCUT2D eigenvalue weighted by Gasteiger charge is 2.20. The number of amides is 1. The van der Waals surface area contributed by atoms with E-state index < -0.39 is 12.1 Å². The molecule has 66 heavy (non-hydrogen) atoms. The summed E-state index contributed by atoms with van der Waals surface area (Å²) in [6, 6.07) is -0.538. The fourth-order valence-corrected chi connectivity index (χ4v) is 9.76. The van der Waals surface area contributed by atoms with Crippen molar-refractivity contribution < 1.29 is 24.5 Å². The predicted molar refractivity (Wildman–Crippen MR) is 287 cm³/mol. The molecule has 0 aliphatic heterocycles. The van der Waals surface area contributed by atoms with Crippen molar-refractivity contribution >= 4 is 11.9 Å². The van der Waals surface area contributed by atoms with Crippen LogP contribution in [0.15, 0.2) is 0 Å². The van der Waals surface area contributed by atoms with E-state index in [1.165, 1.54) is 276 Å². The molecular weight excluding hydrogens is 815 g/mol. The van der Waals surface area contributed by atoms with E-state index >= 15 is 0 Å². The number of aliphatic hydroxyl groups is 2. The van der Waals surface area contributed by atoms with Gasteiger partial charge in [0.2, 0.25) is 5.91 Å². The molecule has 0 aromatic heterocycles. The van der Waals surface area contributed by atoms with Gasteiger partial charge >= 0.3 is 5.97 Å². The number of rotatable bonds is 57. The molecule has 6 nitrogen and oxygen atoms in total. The molecule has 0 spiro atoms. The highest BCUT2D eigenvalue weighted by atomic mass is 16.5. The van der Waals surface area contributed by atoms with E-state index in [1.54, 1.807) is 0 Å². The highest BCUT2D eigenvalue weighted by molar-refractivity contribution is 5.76. The third-order valence-corrected chi connectivity index (χ3v) is 14.4. The zero-order valence-electron chi connectivity index (χ0n) is 45.0. The van der Waals surface area contributed by atoms with Gasteiger partial charge < -0.3 is 20.3 Å². The van der Waals surface area contributed by atoms with E-state index in [0.29, 0.717) is 25.9 Å². The van der Waals surface area contributed by atoms with Crippen molar-refractivity contribution in [2.24, 2.45) is 0 Å². The van der Waals surface area contributed by atoms with Crippen molar-refractivity contribution in [3.8, 4) is 0 Å². The molecule has 0 aliphatic carbocycles. The van der Waals surface area contributed by atoms with Crippen LogP contribution in [-0.4, -0.2) is 47.4 Å². The molecule has 2 atom stereocenters. The van der Waals surface area contributed by atoms with Crippen LogP contribution in [0.1, 0.15) is 348 Å². The highest BCUT2D eigenvalue weighted by Crippen LogP contribution is 2.18. The van der Waals surface area contributed by atoms with Crippen LogP contribution in [0.25, 0.3) is 0 Å². The molecule has 0 bridgehead atoms. The van der Waals surface area contributed by atoms with Gasteiger partial charge in [-0.15, -0.1) is 0 Å². The Morgan fingerprint density at radius 1 is 0.364 bits per heavy atom. The minimum Gasteiger partial charge on any atom is -0.466 e. The van der Waals surface area contributed by atoms with Gasteiger partial charge in [0.15, 0.2) is 0 Å². The molecule has 0 aromatic carbocycles. The molecule has 0 saturated heterocycles. The van der Waals surface area contributed by atoms with Crippen LogP contribution in [-0.2, 0) is 14.3 Å². The first-order chi connectivity index (χ1) is 32.5. The largest absolute Gasteiger partial charge is 0.466 e. The van der Waals surface area contributed by atoms with Gasteiger partial charge in [-0.05, 0) is 25.7 Å². The minimum absolute atomic E-state index is 0.0168. The van der Waals surface area contributed by atoms with Crippen molar-refractivity contribution in [3.63, 3.8) is 0 Å². The average molecular weight is 935 g/mol. The Morgan fingerprint density at radius 3 is 0.924 bits per heavy atom. The summed E-state index contributed by atoms with van der Waals surface area (Å²) in [7, 11) is 0. The number of hydrogen-bond donors (Lipinski definition) is 3. The molecular formula is C60H119NO5. The van der Waals surface area contributed by atoms with Gasteiger partial charge in [0.1, 0.15) is 0 Å². The van der Waals surface area contributed by atoms with E-state index in [2.05, 4.69) is 19.2 Å². The number of aliphatic hydroxyl groups excluding tert-OH is 2. The molecule has 0 fully saturated rings. The maximum Gasteiger partial charge on any atom is 0.305 e. The monoisotopic (exact) mass is 934 g/mol. The van der Waals surface area contributed by atoms with Crippen LogP contribution in [0.3, 0.4) is 0 Å². The van der Waals surface area contributed by atoms with Gasteiger partial charge in [-0.3, -0.25) is 9.59 Å². The molecule has 1 amide bonds. The Balaban J connectivity index is 3.34. The Labute approximate surface area is 413 Å². The Hall–Kier alpha value is -1.14. The SMILES string of the molecule is CCCCCCCCCCCCCCCC(O)C(CO)NC(=O)CCCCCCCCCCCCCCCCCCCCCCCCCCCOC(=O)CCCCCCCCCCCCC. The minimum atomic E-state index is -0.661. The fraction of sp³-hybridized carbons (Fsp3) is 0.967. The first-order valence-electron chi connectivity index (χ1n) is 30.3. The molecule has 394 valence electrons. The lowest BCUT2D eigenvalue weighted by Gasteiger charge is -2.22. The van der Waals surface area contributed by atoms with E-state index in [9.17, 15) is 19.8 Å². The number of hydrogen-bond acceptors (Lipinski definition) is 5. The lowest BCUT2D eigenvalue weighted by Crippen LogP contribution is -2.45. The number of nitrogens with one attached hydrogen (secondary N) is 1. The quantitative estimate of drug-likeness (QED) is 0.0417. The van der Waals surface area contributed by atoms with E-state index in [4.69, 9.17) is 4.74 Å². The van der Waals surface area contributed by atoms with Gasteiger partial charge in [-0.1, -0.05) is 309 Å². The van der Waals surface area contributed by atoms with Crippen molar-refractivity contribution in [2.75, 3.05) is 13.2 Å². The number of carbonyl (C=O) groups is 2. The summed E-state index contributed by atoms with van der Waals surface area (Å²) in [5, 5.41) is 23.2. The van der Waals surface area contributed by atoms with Gasteiger partial charge in [0.25, 0.3) is 0 Å². The third kappa shape index (κ3) is 52.2. The first-order valence-corrected chi connectivity index (χ1v) is 30.3. The summed E-state index contributed by atoms with van der Waals surface area (Å²) in [6.07, 6.45) is 65.4. The zero-order valence-corrected chi connectivity index (χ0v) is 45.0. The molecule has 0 aliphatic rings. The van der Waals surface area contributed by atoms with Gasteiger partial charge in [0.05, 0.1) is 25.4 Å². The van der Waals surface area contributed by atoms with Crippen LogP contribution >= 0.6 is 0 Å². The summed E-state index contributed by atoms with van der Waals surface area (Å²) in [5.41, 5.74) is 0. The maximum absolute atomic E-state index is 12.5. The summed E-state index contributed by atoms with van der Waals surface area (Å²) >= 11 is 0. The van der Waals surface area contributed by atoms with Gasteiger partial charge in [0, 0.05) is 12.8 Å². The fourth-order valence-electron chi connectivity index (χ4n) is 9.76. The van der Waals surface area contributed by atoms with Crippen molar-refractivity contribution in [2.45, 2.75) is 360 Å². The van der Waals surface area contributed by atoms with Crippen LogP contribution in [0.4, 0.5) is 0 Å². The van der Waals surface area contributed by atoms with E-state index in [-0.39, 0.29) is 18.5 Å². The van der Waals surface area contributed by atoms with E-state index in [0.717, 1.165) is 38.5 Å². The Kier molecular flexibility index (Phi) is 55.5. The Bertz CT molecular complexity index is 944. The van der Waals surface area contributed by atoms with Crippen molar-refractivity contribution in [3.05, 3.63) is 0 Å². The molecule has 0 heterocycles. The molecule has 2 unspecified atom stereocenters. The number of unbranched alkanes of at least 4 members (excludes halogenated alkanes) is 46. The second-order valence-corrected chi connectivity index (χ2v) is 21.1. The predicted octanol–water partition coefficient (Wildman–Crippen LogP) is 18.7. The number of ether oxygens (including phenoxy) is 1. The van der Waals surface area contributed by atoms with Gasteiger partial charge in [-0.2, -0.15) is 0 Å². The van der Waals surface area contributed by atoms with E-state index in [1.807, 2.05) is 0 Å². The molecule has 0 radical (unpaired) electrons. The molecule has 0 saturated carbocycles. The zero-order chi connectivity index (χ0) is 47.9. The first kappa shape index (κ1) is 64.9. The second-order valence-electron chi connectivity index (χ2n) is 21.1. The maximum atomic E-state index is 12.5. The summed E-state index contributed by atoms with van der Waals surface area (Å²) in [5.74, 6) is -0.0143. The topological polar surface area (TPSA) is 95.9 Å². The lowest BCUT2D eigenvalue weighted by molar-refractivity contribution is -0.143. The van der Waals surface area contributed by atoms with Crippen molar-refractivity contribution in [1.29, 1.82) is 0 Å². The summed E-state index contributed by atoms with van der Waals surface area (Å²) in [4.78, 5) is 24.5. The third-order valence-electron chi connectivity index (χ3n) is 14.4. The molecule has 0 aromatic rings. The van der Waals surface area contributed by atoms with Crippen LogP contribution < -0.4 is 5.32 Å². The standard InChI is InChI=1S/C60H119NO5/c1-3-5-7-9-11-13-15-29-33-36-40-44-48-52-58(63)57(56-62)61-59(64)53-49-45-41-37-34-30-27-25-23-21-19-17-16-18-20-22-24-26-28-31-35-39-43-47-51-55-66-60(65)54-50-46-42-38-32-14-12-10-8-6-4-2/h57-58,62-63H,3-56H2,1-2H3,(H,61,64). The van der Waals surface area contributed by atoms with Crippen LogP contribution in [0, 0.1) is 0 Å².